The van der Waals surface area contributed by atoms with Gasteiger partial charge in [0.25, 0.3) is 0 Å². The average molecular weight is 251 g/mol. The van der Waals surface area contributed by atoms with Gasteiger partial charge in [-0.05, 0) is 12.1 Å². The molecule has 0 aliphatic rings. The molecule has 0 radical (unpaired) electrons. The summed E-state index contributed by atoms with van der Waals surface area (Å²) in [5, 5.41) is 17.0. The van der Waals surface area contributed by atoms with Gasteiger partial charge in [0.15, 0.2) is 5.75 Å². The summed E-state index contributed by atoms with van der Waals surface area (Å²) in [5.41, 5.74) is 0.548. The third kappa shape index (κ3) is 3.37. The number of sulfonamides is 1. The quantitative estimate of drug-likeness (QED) is 0.853. The van der Waals surface area contributed by atoms with Crippen LogP contribution in [-0.2, 0) is 10.0 Å². The van der Waals surface area contributed by atoms with E-state index in [1.165, 1.54) is 25.3 Å². The Bertz CT molecular complexity index is 596. The van der Waals surface area contributed by atoms with Crippen molar-refractivity contribution in [2.45, 2.75) is 0 Å². The van der Waals surface area contributed by atoms with E-state index in [9.17, 15) is 8.42 Å². The first kappa shape index (κ1) is 12.8. The van der Waals surface area contributed by atoms with Gasteiger partial charge in [-0.25, -0.2) is 8.42 Å². The van der Waals surface area contributed by atoms with Crippen LogP contribution in [0.2, 0.25) is 0 Å². The number of rotatable bonds is 4. The fraction of sp³-hybridized carbons (Fsp3) is 0.200. The standard InChI is InChI=1S/C10H9N3O3S/c1-16-10-6-8(7-12)2-3-9(10)13-17(14,15)5-4-11/h2-3,6,13H,5H2,1H3. The fourth-order valence-corrected chi connectivity index (χ4v) is 1.88. The molecule has 6 nitrogen and oxygen atoms in total. The molecule has 0 saturated heterocycles. The minimum atomic E-state index is -3.71. The van der Waals surface area contributed by atoms with Gasteiger partial charge in [-0.3, -0.25) is 4.72 Å². The molecule has 0 aliphatic heterocycles. The second-order valence-electron chi connectivity index (χ2n) is 3.05. The van der Waals surface area contributed by atoms with E-state index in [0.717, 1.165) is 0 Å². The smallest absolute Gasteiger partial charge is 0.246 e. The lowest BCUT2D eigenvalue weighted by molar-refractivity contribution is 0.416. The highest BCUT2D eigenvalue weighted by atomic mass is 32.2. The van der Waals surface area contributed by atoms with Crippen LogP contribution in [0.5, 0.6) is 5.75 Å². The summed E-state index contributed by atoms with van der Waals surface area (Å²) in [4.78, 5) is 0. The number of nitriles is 2. The molecule has 0 fully saturated rings. The molecule has 0 bridgehead atoms. The van der Waals surface area contributed by atoms with Gasteiger partial charge in [0, 0.05) is 6.07 Å². The average Bonchev–Trinajstić information content (AvgIpc) is 2.29. The Kier molecular flexibility index (Phi) is 3.91. The molecule has 1 aromatic rings. The molecule has 0 saturated carbocycles. The van der Waals surface area contributed by atoms with E-state index in [2.05, 4.69) is 4.72 Å². The summed E-state index contributed by atoms with van der Waals surface area (Å²) in [6, 6.07) is 7.72. The third-order valence-electron chi connectivity index (χ3n) is 1.85. The molecule has 0 aliphatic carbocycles. The predicted molar refractivity (Wildman–Crippen MR) is 60.7 cm³/mol. The van der Waals surface area contributed by atoms with E-state index in [-0.39, 0.29) is 11.4 Å². The Morgan fingerprint density at radius 1 is 1.41 bits per heavy atom. The first-order valence-corrected chi connectivity index (χ1v) is 6.13. The maximum absolute atomic E-state index is 11.4. The molecule has 1 aromatic carbocycles. The summed E-state index contributed by atoms with van der Waals surface area (Å²) in [6.45, 7) is 0. The molecule has 0 atom stereocenters. The number of anilines is 1. The molecule has 0 heterocycles. The molecular weight excluding hydrogens is 242 g/mol. The number of nitrogens with one attached hydrogen (secondary N) is 1. The molecule has 88 valence electrons. The number of benzene rings is 1. The molecule has 1 N–H and O–H groups in total. The minimum absolute atomic E-state index is 0.196. The van der Waals surface area contributed by atoms with Crippen LogP contribution in [-0.4, -0.2) is 21.3 Å². The van der Waals surface area contributed by atoms with Crippen LogP contribution in [0.1, 0.15) is 5.56 Å². The highest BCUT2D eigenvalue weighted by Crippen LogP contribution is 2.26. The number of methoxy groups -OCH3 is 1. The Labute approximate surface area is 99.1 Å². The van der Waals surface area contributed by atoms with Crippen molar-refractivity contribution < 1.29 is 13.2 Å². The van der Waals surface area contributed by atoms with Gasteiger partial charge in [-0.15, -0.1) is 0 Å². The van der Waals surface area contributed by atoms with E-state index in [4.69, 9.17) is 15.3 Å². The van der Waals surface area contributed by atoms with Crippen molar-refractivity contribution in [3.05, 3.63) is 23.8 Å². The highest BCUT2D eigenvalue weighted by Gasteiger charge is 2.13. The molecular formula is C10H9N3O3S. The maximum Gasteiger partial charge on any atom is 0.246 e. The summed E-state index contributed by atoms with van der Waals surface area (Å²) in [5.74, 6) is -0.415. The lowest BCUT2D eigenvalue weighted by atomic mass is 10.2. The molecule has 0 aromatic heterocycles. The number of ether oxygens (including phenoxy) is 1. The lowest BCUT2D eigenvalue weighted by Crippen LogP contribution is -2.16. The molecule has 0 amide bonds. The van der Waals surface area contributed by atoms with Crippen LogP contribution >= 0.6 is 0 Å². The van der Waals surface area contributed by atoms with Gasteiger partial charge >= 0.3 is 0 Å². The summed E-state index contributed by atoms with van der Waals surface area (Å²) >= 11 is 0. The van der Waals surface area contributed by atoms with Crippen molar-refractivity contribution in [1.29, 1.82) is 10.5 Å². The second kappa shape index (κ2) is 5.19. The Balaban J connectivity index is 3.09. The Hall–Kier alpha value is -2.25. The SMILES string of the molecule is COc1cc(C#N)ccc1NS(=O)(=O)CC#N. The van der Waals surface area contributed by atoms with Crippen LogP contribution in [0.3, 0.4) is 0 Å². The van der Waals surface area contributed by atoms with Gasteiger partial charge in [0.2, 0.25) is 10.0 Å². The van der Waals surface area contributed by atoms with Crippen molar-refractivity contribution in [2.24, 2.45) is 0 Å². The van der Waals surface area contributed by atoms with Crippen LogP contribution < -0.4 is 9.46 Å². The second-order valence-corrected chi connectivity index (χ2v) is 4.77. The Morgan fingerprint density at radius 2 is 2.12 bits per heavy atom. The van der Waals surface area contributed by atoms with E-state index in [1.54, 1.807) is 6.07 Å². The van der Waals surface area contributed by atoms with Crippen LogP contribution in [0.15, 0.2) is 18.2 Å². The first-order valence-electron chi connectivity index (χ1n) is 4.48. The zero-order chi connectivity index (χ0) is 12.9. The van der Waals surface area contributed by atoms with Gasteiger partial charge < -0.3 is 4.74 Å². The topological polar surface area (TPSA) is 103 Å². The van der Waals surface area contributed by atoms with E-state index in [1.807, 2.05) is 6.07 Å². The zero-order valence-electron chi connectivity index (χ0n) is 8.97. The summed E-state index contributed by atoms with van der Waals surface area (Å²) in [6.07, 6.45) is 0. The molecule has 17 heavy (non-hydrogen) atoms. The Morgan fingerprint density at radius 3 is 2.65 bits per heavy atom. The highest BCUT2D eigenvalue weighted by molar-refractivity contribution is 7.92. The molecule has 1 rings (SSSR count). The van der Waals surface area contributed by atoms with Gasteiger partial charge in [0.05, 0.1) is 30.5 Å². The normalized spacial score (nSPS) is 10.1. The van der Waals surface area contributed by atoms with E-state index < -0.39 is 15.8 Å². The molecule has 0 spiro atoms. The summed E-state index contributed by atoms with van der Waals surface area (Å²) in [7, 11) is -2.35. The summed E-state index contributed by atoms with van der Waals surface area (Å²) < 4.78 is 29.9. The maximum atomic E-state index is 11.4. The van der Waals surface area contributed by atoms with Crippen LogP contribution in [0, 0.1) is 22.7 Å². The number of hydrogen-bond donors (Lipinski definition) is 1. The minimum Gasteiger partial charge on any atom is -0.495 e. The lowest BCUT2D eigenvalue weighted by Gasteiger charge is -2.10. The zero-order valence-corrected chi connectivity index (χ0v) is 9.78. The van der Waals surface area contributed by atoms with E-state index >= 15 is 0 Å². The number of nitrogens with zero attached hydrogens (tertiary/aromatic N) is 2. The molecule has 0 unspecified atom stereocenters. The third-order valence-corrected chi connectivity index (χ3v) is 2.89. The van der Waals surface area contributed by atoms with Gasteiger partial charge in [-0.1, -0.05) is 0 Å². The molecule has 7 heteroatoms. The van der Waals surface area contributed by atoms with Crippen LogP contribution in [0.4, 0.5) is 5.69 Å². The van der Waals surface area contributed by atoms with Crippen LogP contribution in [0.25, 0.3) is 0 Å². The largest absolute Gasteiger partial charge is 0.495 e. The van der Waals surface area contributed by atoms with Crippen molar-refractivity contribution >= 4 is 15.7 Å². The monoisotopic (exact) mass is 251 g/mol. The van der Waals surface area contributed by atoms with E-state index in [0.29, 0.717) is 5.56 Å². The first-order chi connectivity index (χ1) is 8.02. The van der Waals surface area contributed by atoms with Crippen molar-refractivity contribution in [1.82, 2.24) is 0 Å². The predicted octanol–water partition coefficient (Wildman–Crippen LogP) is 0.832. The van der Waals surface area contributed by atoms with Crippen molar-refractivity contribution in [3.63, 3.8) is 0 Å². The van der Waals surface area contributed by atoms with Gasteiger partial charge in [0.1, 0.15) is 5.75 Å². The van der Waals surface area contributed by atoms with Crippen molar-refractivity contribution in [2.75, 3.05) is 17.6 Å². The van der Waals surface area contributed by atoms with Crippen molar-refractivity contribution in [3.8, 4) is 17.9 Å². The fourth-order valence-electron chi connectivity index (χ4n) is 1.13. The number of hydrogen-bond acceptors (Lipinski definition) is 5. The van der Waals surface area contributed by atoms with Gasteiger partial charge in [-0.2, -0.15) is 10.5 Å².